The van der Waals surface area contributed by atoms with Crippen LogP contribution in [0.1, 0.15) is 6.92 Å². The molecular formula is C14H16ClN3O4. The average Bonchev–Trinajstić information content (AvgIpc) is 2.94. The van der Waals surface area contributed by atoms with Crippen molar-refractivity contribution in [3.8, 4) is 17.5 Å². The summed E-state index contributed by atoms with van der Waals surface area (Å²) in [5, 5.41) is 6.97. The summed E-state index contributed by atoms with van der Waals surface area (Å²) < 4.78 is 15.0. The molecule has 1 amide bonds. The van der Waals surface area contributed by atoms with Gasteiger partial charge in [-0.1, -0.05) is 28.9 Å². The highest BCUT2D eigenvalue weighted by Gasteiger charge is 2.14. The molecule has 2 aromatic rings. The molecule has 0 aliphatic rings. The summed E-state index contributed by atoms with van der Waals surface area (Å²) in [6.45, 7) is 2.02. The van der Waals surface area contributed by atoms with Gasteiger partial charge in [-0.05, 0) is 19.1 Å². The number of aromatic nitrogens is 2. The number of amides is 1. The summed E-state index contributed by atoms with van der Waals surface area (Å²) in [5.41, 5.74) is 0.626. The number of halogens is 1. The molecule has 1 N–H and O–H groups in total. The Bertz CT molecular complexity index is 632. The third-order valence-corrected chi connectivity index (χ3v) is 3.00. The normalized spacial score (nSPS) is 12.0. The fraction of sp³-hybridized carbons (Fsp3) is 0.357. The Labute approximate surface area is 132 Å². The first-order chi connectivity index (χ1) is 10.6. The number of ether oxygens (including phenoxy) is 2. The smallest absolute Gasteiger partial charge is 0.418 e. The summed E-state index contributed by atoms with van der Waals surface area (Å²) in [6.07, 6.45) is -0.0931. The fourth-order valence-corrected chi connectivity index (χ4v) is 1.98. The Morgan fingerprint density at radius 3 is 2.95 bits per heavy atom. The average molecular weight is 326 g/mol. The van der Waals surface area contributed by atoms with Crippen LogP contribution in [0.15, 0.2) is 28.8 Å². The lowest BCUT2D eigenvalue weighted by Crippen LogP contribution is -2.38. The lowest BCUT2D eigenvalue weighted by Gasteiger charge is -2.11. The van der Waals surface area contributed by atoms with Crippen LogP contribution in [0.5, 0.6) is 6.08 Å². The van der Waals surface area contributed by atoms with Gasteiger partial charge in [0.25, 0.3) is 5.91 Å². The van der Waals surface area contributed by atoms with Crippen molar-refractivity contribution in [2.75, 3.05) is 20.3 Å². The van der Waals surface area contributed by atoms with Crippen LogP contribution in [0.25, 0.3) is 11.4 Å². The third-order valence-electron chi connectivity index (χ3n) is 2.67. The van der Waals surface area contributed by atoms with Gasteiger partial charge in [0.1, 0.15) is 0 Å². The lowest BCUT2D eigenvalue weighted by atomic mass is 10.2. The van der Waals surface area contributed by atoms with Crippen LogP contribution in [0.4, 0.5) is 0 Å². The Hall–Kier alpha value is -2.12. The van der Waals surface area contributed by atoms with Crippen LogP contribution in [0.3, 0.4) is 0 Å². The largest absolute Gasteiger partial charge is 0.439 e. The number of rotatable bonds is 7. The first-order valence-electron chi connectivity index (χ1n) is 6.60. The van der Waals surface area contributed by atoms with Gasteiger partial charge < -0.3 is 14.8 Å². The number of hydrogen-bond donors (Lipinski definition) is 1. The minimum absolute atomic E-state index is 0.0931. The second-order valence-corrected chi connectivity index (χ2v) is 4.98. The second-order valence-electron chi connectivity index (χ2n) is 4.58. The Morgan fingerprint density at radius 1 is 1.45 bits per heavy atom. The van der Waals surface area contributed by atoms with E-state index >= 15 is 0 Å². The molecule has 1 aromatic heterocycles. The summed E-state index contributed by atoms with van der Waals surface area (Å²) in [4.78, 5) is 15.7. The second kappa shape index (κ2) is 7.77. The van der Waals surface area contributed by atoms with Gasteiger partial charge >= 0.3 is 6.08 Å². The highest BCUT2D eigenvalue weighted by Crippen LogP contribution is 2.26. The van der Waals surface area contributed by atoms with E-state index in [0.717, 1.165) is 0 Å². The maximum absolute atomic E-state index is 11.6. The standard InChI is InChI=1S/C14H16ClN3O4/c1-9(7-20-2)16-12(19)8-21-14-17-13(18-22-14)10-5-3-4-6-11(10)15/h3-6,9H,7-8H2,1-2H3,(H,16,19). The van der Waals surface area contributed by atoms with Crippen LogP contribution in [-0.2, 0) is 9.53 Å². The first kappa shape index (κ1) is 16.3. The maximum atomic E-state index is 11.6. The summed E-state index contributed by atoms with van der Waals surface area (Å²) in [7, 11) is 1.56. The molecule has 2 rings (SSSR count). The van der Waals surface area contributed by atoms with E-state index in [-0.39, 0.29) is 24.6 Å². The van der Waals surface area contributed by atoms with Gasteiger partial charge in [-0.15, -0.1) is 0 Å². The highest BCUT2D eigenvalue weighted by molar-refractivity contribution is 6.33. The number of nitrogens with zero attached hydrogens (tertiary/aromatic N) is 2. The van der Waals surface area contributed by atoms with E-state index in [1.807, 2.05) is 13.0 Å². The number of nitrogens with one attached hydrogen (secondary N) is 1. The van der Waals surface area contributed by atoms with Crippen molar-refractivity contribution in [3.05, 3.63) is 29.3 Å². The van der Waals surface area contributed by atoms with E-state index < -0.39 is 0 Å². The monoisotopic (exact) mass is 325 g/mol. The van der Waals surface area contributed by atoms with Crippen molar-refractivity contribution in [2.24, 2.45) is 0 Å². The quantitative estimate of drug-likeness (QED) is 0.837. The molecule has 7 nitrogen and oxygen atoms in total. The molecule has 0 fully saturated rings. The van der Waals surface area contributed by atoms with Crippen LogP contribution in [-0.4, -0.2) is 42.4 Å². The van der Waals surface area contributed by atoms with Gasteiger partial charge in [-0.2, -0.15) is 4.98 Å². The Kier molecular flexibility index (Phi) is 5.74. The van der Waals surface area contributed by atoms with E-state index in [2.05, 4.69) is 15.5 Å². The van der Waals surface area contributed by atoms with E-state index in [1.165, 1.54) is 0 Å². The summed E-state index contributed by atoms with van der Waals surface area (Å²) in [5.74, 6) is -0.00389. The number of hydrogen-bond acceptors (Lipinski definition) is 6. The van der Waals surface area contributed by atoms with E-state index in [9.17, 15) is 4.79 Å². The lowest BCUT2D eigenvalue weighted by molar-refractivity contribution is -0.124. The molecule has 8 heteroatoms. The van der Waals surface area contributed by atoms with Gasteiger partial charge in [0.05, 0.1) is 11.6 Å². The molecule has 0 radical (unpaired) electrons. The zero-order valence-electron chi connectivity index (χ0n) is 12.2. The van der Waals surface area contributed by atoms with E-state index in [1.54, 1.807) is 25.3 Å². The molecule has 0 bridgehead atoms. The zero-order valence-corrected chi connectivity index (χ0v) is 13.0. The molecular weight excluding hydrogens is 310 g/mol. The molecule has 0 aliphatic heterocycles. The molecule has 118 valence electrons. The highest BCUT2D eigenvalue weighted by atomic mass is 35.5. The molecule has 0 aliphatic carbocycles. The van der Waals surface area contributed by atoms with Crippen molar-refractivity contribution in [1.82, 2.24) is 15.5 Å². The maximum Gasteiger partial charge on any atom is 0.418 e. The predicted octanol–water partition coefficient (Wildman–Crippen LogP) is 1.92. The van der Waals surface area contributed by atoms with Crippen LogP contribution in [0.2, 0.25) is 5.02 Å². The molecule has 0 saturated carbocycles. The number of carbonyl (C=O) groups is 1. The SMILES string of the molecule is COCC(C)NC(=O)COc1nc(-c2ccccc2Cl)no1. The van der Waals surface area contributed by atoms with Crippen molar-refractivity contribution in [1.29, 1.82) is 0 Å². The fourth-order valence-electron chi connectivity index (χ4n) is 1.76. The van der Waals surface area contributed by atoms with Crippen LogP contribution < -0.4 is 10.1 Å². The van der Waals surface area contributed by atoms with Gasteiger partial charge in [0.15, 0.2) is 6.61 Å². The third kappa shape index (κ3) is 4.44. The van der Waals surface area contributed by atoms with Crippen molar-refractivity contribution < 1.29 is 18.8 Å². The van der Waals surface area contributed by atoms with Crippen LogP contribution in [0, 0.1) is 0 Å². The summed E-state index contributed by atoms with van der Waals surface area (Å²) >= 11 is 6.04. The minimum Gasteiger partial charge on any atom is -0.439 e. The summed E-state index contributed by atoms with van der Waals surface area (Å²) in [6, 6.07) is 6.98. The van der Waals surface area contributed by atoms with Crippen molar-refractivity contribution in [2.45, 2.75) is 13.0 Å². The minimum atomic E-state index is -0.304. The molecule has 0 saturated heterocycles. The van der Waals surface area contributed by atoms with Gasteiger partial charge in [0, 0.05) is 18.7 Å². The molecule has 0 spiro atoms. The number of benzene rings is 1. The van der Waals surface area contributed by atoms with Gasteiger partial charge in [-0.3, -0.25) is 9.32 Å². The Morgan fingerprint density at radius 2 is 2.23 bits per heavy atom. The number of carbonyl (C=O) groups excluding carboxylic acids is 1. The first-order valence-corrected chi connectivity index (χ1v) is 6.97. The number of methoxy groups -OCH3 is 1. The topological polar surface area (TPSA) is 86.5 Å². The van der Waals surface area contributed by atoms with Crippen LogP contribution >= 0.6 is 11.6 Å². The molecule has 22 heavy (non-hydrogen) atoms. The zero-order chi connectivity index (χ0) is 15.9. The van der Waals surface area contributed by atoms with E-state index in [0.29, 0.717) is 23.0 Å². The van der Waals surface area contributed by atoms with Gasteiger partial charge in [0.2, 0.25) is 5.82 Å². The van der Waals surface area contributed by atoms with Crippen molar-refractivity contribution in [3.63, 3.8) is 0 Å². The Balaban J connectivity index is 1.90. The van der Waals surface area contributed by atoms with Crippen molar-refractivity contribution >= 4 is 17.5 Å². The molecule has 1 atom stereocenters. The predicted molar refractivity (Wildman–Crippen MR) is 79.7 cm³/mol. The molecule has 1 unspecified atom stereocenters. The molecule has 1 heterocycles. The van der Waals surface area contributed by atoms with E-state index in [4.69, 9.17) is 25.6 Å². The molecule has 1 aromatic carbocycles. The van der Waals surface area contributed by atoms with Gasteiger partial charge in [-0.25, -0.2) is 0 Å².